The third-order valence-electron chi connectivity index (χ3n) is 2.72. The number of nitrogens with two attached hydrogens (primary N) is 1. The smallest absolute Gasteiger partial charge is 0.261 e. The molecule has 20 heavy (non-hydrogen) atoms. The molecule has 1 atom stereocenters. The molecule has 0 heterocycles. The van der Waals surface area contributed by atoms with Gasteiger partial charge in [0.2, 0.25) is 0 Å². The van der Waals surface area contributed by atoms with Crippen LogP contribution in [-0.4, -0.2) is 32.2 Å². The molecule has 1 amide bonds. The van der Waals surface area contributed by atoms with Crippen LogP contribution in [0.4, 0.5) is 0 Å². The molecule has 1 aromatic carbocycles. The molecule has 0 aliphatic rings. The highest BCUT2D eigenvalue weighted by molar-refractivity contribution is 5.80. The van der Waals surface area contributed by atoms with E-state index in [0.29, 0.717) is 18.7 Å². The molecule has 0 aliphatic heterocycles. The molecule has 0 spiro atoms. The lowest BCUT2D eigenvalue weighted by molar-refractivity contribution is -0.127. The van der Waals surface area contributed by atoms with Crippen molar-refractivity contribution in [1.82, 2.24) is 5.32 Å². The van der Waals surface area contributed by atoms with Crippen LogP contribution >= 0.6 is 0 Å². The lowest BCUT2D eigenvalue weighted by atomic mass is 10.1. The van der Waals surface area contributed by atoms with Gasteiger partial charge in [-0.2, -0.15) is 0 Å². The van der Waals surface area contributed by atoms with Crippen molar-refractivity contribution in [3.63, 3.8) is 0 Å². The Hall–Kier alpha value is -2.19. The quantitative estimate of drug-likeness (QED) is 0.719. The summed E-state index contributed by atoms with van der Waals surface area (Å²) in [6, 6.07) is 5.41. The number of benzene rings is 1. The van der Waals surface area contributed by atoms with Gasteiger partial charge in [-0.25, -0.2) is 0 Å². The number of hydrogen-bond acceptors (Lipinski definition) is 4. The van der Waals surface area contributed by atoms with E-state index in [9.17, 15) is 4.79 Å². The standard InChI is InChI=1S/C15H20N2O3/c1-4-9-17-15(18)11(2)20-14-6-5-13(19-3)10-12(14)7-8-16/h1,5-6,10-11H,7-9,16H2,2-3H3,(H,17,18). The summed E-state index contributed by atoms with van der Waals surface area (Å²) in [6.07, 6.45) is 5.10. The van der Waals surface area contributed by atoms with Gasteiger partial charge in [0.15, 0.2) is 6.10 Å². The molecule has 3 N–H and O–H groups in total. The number of carbonyl (C=O) groups excluding carboxylic acids is 1. The lowest BCUT2D eigenvalue weighted by Gasteiger charge is -2.17. The van der Waals surface area contributed by atoms with E-state index in [1.165, 1.54) is 0 Å². The second kappa shape index (κ2) is 8.08. The maximum absolute atomic E-state index is 11.7. The predicted molar refractivity (Wildman–Crippen MR) is 77.7 cm³/mol. The van der Waals surface area contributed by atoms with Gasteiger partial charge in [-0.3, -0.25) is 4.79 Å². The molecule has 0 radical (unpaired) electrons. The number of carbonyl (C=O) groups is 1. The first kappa shape index (κ1) is 15.9. The van der Waals surface area contributed by atoms with Gasteiger partial charge in [0.05, 0.1) is 13.7 Å². The molecule has 1 rings (SSSR count). The Kier molecular flexibility index (Phi) is 6.41. The Morgan fingerprint density at radius 3 is 2.90 bits per heavy atom. The average Bonchev–Trinajstić information content (AvgIpc) is 2.46. The van der Waals surface area contributed by atoms with Crippen LogP contribution in [0.1, 0.15) is 12.5 Å². The van der Waals surface area contributed by atoms with Crippen molar-refractivity contribution in [1.29, 1.82) is 0 Å². The Balaban J connectivity index is 2.80. The summed E-state index contributed by atoms with van der Waals surface area (Å²) in [5.74, 6) is 3.44. The highest BCUT2D eigenvalue weighted by Crippen LogP contribution is 2.25. The van der Waals surface area contributed by atoms with Gasteiger partial charge < -0.3 is 20.5 Å². The third-order valence-corrected chi connectivity index (χ3v) is 2.72. The molecule has 0 aliphatic carbocycles. The molecule has 1 unspecified atom stereocenters. The monoisotopic (exact) mass is 276 g/mol. The summed E-state index contributed by atoms with van der Waals surface area (Å²) < 4.78 is 10.8. The summed E-state index contributed by atoms with van der Waals surface area (Å²) in [5.41, 5.74) is 6.49. The molecule has 0 bridgehead atoms. The van der Waals surface area contributed by atoms with Crippen LogP contribution in [-0.2, 0) is 11.2 Å². The van der Waals surface area contributed by atoms with Crippen molar-refractivity contribution in [2.75, 3.05) is 20.2 Å². The summed E-state index contributed by atoms with van der Waals surface area (Å²) >= 11 is 0. The first-order valence-electron chi connectivity index (χ1n) is 6.37. The fraction of sp³-hybridized carbons (Fsp3) is 0.400. The number of nitrogens with one attached hydrogen (secondary N) is 1. The average molecular weight is 276 g/mol. The van der Waals surface area contributed by atoms with E-state index in [1.807, 2.05) is 6.07 Å². The number of ether oxygens (including phenoxy) is 2. The van der Waals surface area contributed by atoms with Gasteiger partial charge in [-0.1, -0.05) is 5.92 Å². The maximum atomic E-state index is 11.7. The van der Waals surface area contributed by atoms with E-state index in [-0.39, 0.29) is 12.5 Å². The van der Waals surface area contributed by atoms with Crippen LogP contribution in [0.15, 0.2) is 18.2 Å². The van der Waals surface area contributed by atoms with Gasteiger partial charge in [-0.15, -0.1) is 6.42 Å². The Morgan fingerprint density at radius 2 is 2.30 bits per heavy atom. The minimum Gasteiger partial charge on any atom is -0.497 e. The molecule has 0 saturated heterocycles. The summed E-state index contributed by atoms with van der Waals surface area (Å²) in [5, 5.41) is 2.58. The minimum absolute atomic E-state index is 0.185. The van der Waals surface area contributed by atoms with Crippen molar-refractivity contribution in [3.05, 3.63) is 23.8 Å². The summed E-state index contributed by atoms with van der Waals surface area (Å²) in [4.78, 5) is 11.7. The molecule has 0 aromatic heterocycles. The first-order chi connectivity index (χ1) is 9.62. The molecule has 1 aromatic rings. The third kappa shape index (κ3) is 4.48. The van der Waals surface area contributed by atoms with Gasteiger partial charge in [0, 0.05) is 0 Å². The highest BCUT2D eigenvalue weighted by Gasteiger charge is 2.16. The zero-order valence-electron chi connectivity index (χ0n) is 11.8. The van der Waals surface area contributed by atoms with Gasteiger partial charge in [0.25, 0.3) is 5.91 Å². The van der Waals surface area contributed by atoms with Crippen LogP contribution in [0.5, 0.6) is 11.5 Å². The Bertz CT molecular complexity index is 494. The second-order valence-corrected chi connectivity index (χ2v) is 4.19. The van der Waals surface area contributed by atoms with Crippen molar-refractivity contribution < 1.29 is 14.3 Å². The van der Waals surface area contributed by atoms with E-state index < -0.39 is 6.10 Å². The zero-order chi connectivity index (χ0) is 15.0. The number of hydrogen-bond donors (Lipinski definition) is 2. The van der Waals surface area contributed by atoms with E-state index in [4.69, 9.17) is 21.6 Å². The van der Waals surface area contributed by atoms with E-state index in [1.54, 1.807) is 26.2 Å². The van der Waals surface area contributed by atoms with Crippen molar-refractivity contribution in [2.45, 2.75) is 19.4 Å². The Morgan fingerprint density at radius 1 is 1.55 bits per heavy atom. The largest absolute Gasteiger partial charge is 0.497 e. The van der Waals surface area contributed by atoms with Crippen LogP contribution in [0, 0.1) is 12.3 Å². The number of rotatable bonds is 7. The molecule has 0 saturated carbocycles. The maximum Gasteiger partial charge on any atom is 0.261 e. The van der Waals surface area contributed by atoms with Crippen LogP contribution in [0.2, 0.25) is 0 Å². The molecule has 5 heteroatoms. The SMILES string of the molecule is C#CCNC(=O)C(C)Oc1ccc(OC)cc1CCN. The second-order valence-electron chi connectivity index (χ2n) is 4.19. The topological polar surface area (TPSA) is 73.6 Å². The molecule has 0 fully saturated rings. The van der Waals surface area contributed by atoms with Crippen LogP contribution in [0.25, 0.3) is 0 Å². The fourth-order valence-electron chi connectivity index (χ4n) is 1.67. The van der Waals surface area contributed by atoms with E-state index in [0.717, 1.165) is 11.3 Å². The predicted octanol–water partition coefficient (Wildman–Crippen LogP) is 0.713. The fourth-order valence-corrected chi connectivity index (χ4v) is 1.67. The molecule has 108 valence electrons. The minimum atomic E-state index is -0.631. The molecular weight excluding hydrogens is 256 g/mol. The summed E-state index contributed by atoms with van der Waals surface area (Å²) in [6.45, 7) is 2.34. The van der Waals surface area contributed by atoms with Crippen molar-refractivity contribution in [3.8, 4) is 23.8 Å². The zero-order valence-corrected chi connectivity index (χ0v) is 11.8. The first-order valence-corrected chi connectivity index (χ1v) is 6.37. The number of amides is 1. The Labute approximate surface area is 119 Å². The number of methoxy groups -OCH3 is 1. The number of terminal acetylenes is 1. The highest BCUT2D eigenvalue weighted by atomic mass is 16.5. The van der Waals surface area contributed by atoms with Gasteiger partial charge in [0.1, 0.15) is 11.5 Å². The van der Waals surface area contributed by atoms with Crippen LogP contribution in [0.3, 0.4) is 0 Å². The van der Waals surface area contributed by atoms with Crippen molar-refractivity contribution >= 4 is 5.91 Å². The van der Waals surface area contributed by atoms with E-state index >= 15 is 0 Å². The molecule has 5 nitrogen and oxygen atoms in total. The summed E-state index contributed by atoms with van der Waals surface area (Å²) in [7, 11) is 1.60. The van der Waals surface area contributed by atoms with Crippen LogP contribution < -0.4 is 20.5 Å². The van der Waals surface area contributed by atoms with E-state index in [2.05, 4.69) is 11.2 Å². The van der Waals surface area contributed by atoms with Gasteiger partial charge in [-0.05, 0) is 43.7 Å². The normalized spacial score (nSPS) is 11.3. The lowest BCUT2D eigenvalue weighted by Crippen LogP contribution is -2.36. The molecular formula is C15H20N2O3. The van der Waals surface area contributed by atoms with Gasteiger partial charge >= 0.3 is 0 Å². The van der Waals surface area contributed by atoms with Crippen molar-refractivity contribution in [2.24, 2.45) is 5.73 Å².